The molecule has 2 aromatic rings. The summed E-state index contributed by atoms with van der Waals surface area (Å²) in [7, 11) is -0.767. The highest BCUT2D eigenvalue weighted by Gasteiger charge is 2.36. The molecule has 0 spiro atoms. The molecule has 2 fully saturated rings. The molecule has 4 rings (SSSR count). The summed E-state index contributed by atoms with van der Waals surface area (Å²) >= 11 is 0. The van der Waals surface area contributed by atoms with Crippen molar-refractivity contribution in [1.29, 1.82) is 0 Å². The van der Waals surface area contributed by atoms with Crippen LogP contribution in [0.5, 0.6) is 11.5 Å². The molecule has 0 unspecified atom stereocenters. The van der Waals surface area contributed by atoms with E-state index in [0.717, 1.165) is 13.1 Å². The van der Waals surface area contributed by atoms with E-state index < -0.39 is 10.0 Å². The maximum Gasteiger partial charge on any atom is 0.243 e. The number of piperazine rings is 1. The fourth-order valence-electron chi connectivity index (χ4n) is 4.99. The predicted octanol–water partition coefficient (Wildman–Crippen LogP) is 3.07. The second kappa shape index (κ2) is 10.5. The van der Waals surface area contributed by atoms with Gasteiger partial charge >= 0.3 is 0 Å². The number of hydrogen-bond acceptors (Lipinski definition) is 6. The minimum Gasteiger partial charge on any atom is -0.493 e. The molecule has 0 aromatic heterocycles. The lowest BCUT2D eigenvalue weighted by Gasteiger charge is -2.40. The van der Waals surface area contributed by atoms with Gasteiger partial charge in [-0.1, -0.05) is 12.1 Å². The molecule has 0 N–H and O–H groups in total. The molecule has 1 atom stereocenters. The molecular weight excluding hydrogens is 466 g/mol. The number of sulfonamides is 1. The third-order valence-electron chi connectivity index (χ3n) is 7.23. The molecule has 2 heterocycles. The van der Waals surface area contributed by atoms with E-state index in [1.165, 1.54) is 47.5 Å². The van der Waals surface area contributed by atoms with Gasteiger partial charge in [-0.3, -0.25) is 4.79 Å². The summed E-state index contributed by atoms with van der Waals surface area (Å²) in [5, 5.41) is 0. The summed E-state index contributed by atoms with van der Waals surface area (Å²) in [6, 6.07) is 10.9. The van der Waals surface area contributed by atoms with Gasteiger partial charge in [-0.25, -0.2) is 8.42 Å². The summed E-state index contributed by atoms with van der Waals surface area (Å²) in [4.78, 5) is 17.7. The lowest BCUT2D eigenvalue weighted by molar-refractivity contribution is -0.137. The Balaban J connectivity index is 1.42. The van der Waals surface area contributed by atoms with E-state index in [1.807, 2.05) is 4.90 Å². The average molecular weight is 502 g/mol. The molecule has 2 saturated heterocycles. The molecule has 2 aromatic carbocycles. The van der Waals surface area contributed by atoms with Crippen LogP contribution in [0.4, 0.5) is 5.69 Å². The number of benzene rings is 2. The van der Waals surface area contributed by atoms with E-state index in [2.05, 4.69) is 36.9 Å². The number of amides is 1. The van der Waals surface area contributed by atoms with Crippen LogP contribution < -0.4 is 14.4 Å². The zero-order valence-corrected chi connectivity index (χ0v) is 21.8. The topological polar surface area (TPSA) is 79.4 Å². The summed E-state index contributed by atoms with van der Waals surface area (Å²) in [6.07, 6.45) is 1.36. The van der Waals surface area contributed by atoms with Crippen LogP contribution in [0.15, 0.2) is 41.3 Å². The number of hydrogen-bond donors (Lipinski definition) is 0. The number of methoxy groups -OCH3 is 2. The average Bonchev–Trinajstić information content (AvgIpc) is 2.89. The molecule has 0 saturated carbocycles. The van der Waals surface area contributed by atoms with Gasteiger partial charge in [0.2, 0.25) is 15.9 Å². The van der Waals surface area contributed by atoms with Crippen molar-refractivity contribution < 1.29 is 22.7 Å². The zero-order chi connectivity index (χ0) is 25.2. The van der Waals surface area contributed by atoms with Crippen LogP contribution >= 0.6 is 0 Å². The van der Waals surface area contributed by atoms with Gasteiger partial charge in [-0.2, -0.15) is 4.31 Å². The molecule has 0 radical (unpaired) electrons. The number of piperidine rings is 1. The lowest BCUT2D eigenvalue weighted by atomic mass is 9.97. The lowest BCUT2D eigenvalue weighted by Crippen LogP contribution is -2.53. The number of rotatable bonds is 6. The van der Waals surface area contributed by atoms with Crippen LogP contribution in [0, 0.1) is 19.8 Å². The monoisotopic (exact) mass is 501 g/mol. The Morgan fingerprint density at radius 1 is 0.943 bits per heavy atom. The van der Waals surface area contributed by atoms with Gasteiger partial charge in [0, 0.05) is 51.0 Å². The standard InChI is InChI=1S/C26H35N3O5S/c1-19-7-5-9-23(20(19)2)27-13-15-28(16-14-27)26(30)21-8-6-12-29(18-21)35(31,32)22-10-11-24(33-3)25(17-22)34-4/h5,7,9-11,17,21H,6,8,12-16,18H2,1-4H3/t21-/m1/s1. The molecule has 9 heteroatoms. The molecule has 2 aliphatic rings. The Hall–Kier alpha value is -2.78. The van der Waals surface area contributed by atoms with Gasteiger partial charge in [0.1, 0.15) is 0 Å². The van der Waals surface area contributed by atoms with E-state index in [-0.39, 0.29) is 23.3 Å². The smallest absolute Gasteiger partial charge is 0.243 e. The Labute approximate surface area is 208 Å². The fraction of sp³-hybridized carbons (Fsp3) is 0.500. The van der Waals surface area contributed by atoms with E-state index in [1.54, 1.807) is 6.07 Å². The predicted molar refractivity (Wildman–Crippen MR) is 136 cm³/mol. The van der Waals surface area contributed by atoms with Gasteiger partial charge in [-0.15, -0.1) is 0 Å². The zero-order valence-electron chi connectivity index (χ0n) is 21.0. The fourth-order valence-corrected chi connectivity index (χ4v) is 6.53. The number of carbonyl (C=O) groups excluding carboxylic acids is 1. The van der Waals surface area contributed by atoms with Crippen molar-refractivity contribution in [3.63, 3.8) is 0 Å². The first-order valence-electron chi connectivity index (χ1n) is 12.1. The SMILES string of the molecule is COc1ccc(S(=O)(=O)N2CCC[C@@H](C(=O)N3CCN(c4cccc(C)c4C)CC3)C2)cc1OC. The maximum atomic E-state index is 13.4. The van der Waals surface area contributed by atoms with Crippen molar-refractivity contribution in [2.24, 2.45) is 5.92 Å². The Kier molecular flexibility index (Phi) is 7.56. The van der Waals surface area contributed by atoms with Gasteiger partial charge < -0.3 is 19.3 Å². The summed E-state index contributed by atoms with van der Waals surface area (Å²) in [6.45, 7) is 7.69. The number of ether oxygens (including phenoxy) is 2. The molecule has 1 amide bonds. The molecule has 0 aliphatic carbocycles. The van der Waals surface area contributed by atoms with Crippen molar-refractivity contribution in [3.8, 4) is 11.5 Å². The molecular formula is C26H35N3O5S. The van der Waals surface area contributed by atoms with Crippen LogP contribution in [0.2, 0.25) is 0 Å². The number of carbonyl (C=O) groups is 1. The highest BCUT2D eigenvalue weighted by atomic mass is 32.2. The summed E-state index contributed by atoms with van der Waals surface area (Å²) in [5.74, 6) is 0.557. The van der Waals surface area contributed by atoms with Crippen LogP contribution in [0.25, 0.3) is 0 Å². The number of anilines is 1. The molecule has 0 bridgehead atoms. The van der Waals surface area contributed by atoms with E-state index in [9.17, 15) is 13.2 Å². The van der Waals surface area contributed by atoms with Crippen LogP contribution in [0.3, 0.4) is 0 Å². The second-order valence-electron chi connectivity index (χ2n) is 9.25. The summed E-state index contributed by atoms with van der Waals surface area (Å²) in [5.41, 5.74) is 3.76. The van der Waals surface area contributed by atoms with Crippen molar-refractivity contribution in [2.45, 2.75) is 31.6 Å². The number of aryl methyl sites for hydroxylation is 1. The van der Waals surface area contributed by atoms with Crippen molar-refractivity contribution >= 4 is 21.6 Å². The van der Waals surface area contributed by atoms with E-state index in [0.29, 0.717) is 44.0 Å². The largest absolute Gasteiger partial charge is 0.493 e. The second-order valence-corrected chi connectivity index (χ2v) is 11.2. The van der Waals surface area contributed by atoms with Crippen molar-refractivity contribution in [3.05, 3.63) is 47.5 Å². The highest BCUT2D eigenvalue weighted by Crippen LogP contribution is 2.32. The Morgan fingerprint density at radius 3 is 2.34 bits per heavy atom. The van der Waals surface area contributed by atoms with Crippen molar-refractivity contribution in [2.75, 3.05) is 58.4 Å². The molecule has 2 aliphatic heterocycles. The van der Waals surface area contributed by atoms with Gasteiger partial charge in [0.25, 0.3) is 0 Å². The van der Waals surface area contributed by atoms with E-state index >= 15 is 0 Å². The normalized spacial score (nSPS) is 19.5. The van der Waals surface area contributed by atoms with Crippen LogP contribution in [-0.4, -0.2) is 77.0 Å². The van der Waals surface area contributed by atoms with E-state index in [4.69, 9.17) is 9.47 Å². The first kappa shape index (κ1) is 25.3. The van der Waals surface area contributed by atoms with Crippen LogP contribution in [-0.2, 0) is 14.8 Å². The van der Waals surface area contributed by atoms with Crippen molar-refractivity contribution in [1.82, 2.24) is 9.21 Å². The third-order valence-corrected chi connectivity index (χ3v) is 9.10. The molecule has 8 nitrogen and oxygen atoms in total. The molecule has 190 valence electrons. The van der Waals surface area contributed by atoms with Gasteiger partial charge in [0.05, 0.1) is 25.0 Å². The Bertz CT molecular complexity index is 1180. The molecule has 35 heavy (non-hydrogen) atoms. The summed E-state index contributed by atoms with van der Waals surface area (Å²) < 4.78 is 38.7. The number of nitrogens with zero attached hydrogens (tertiary/aromatic N) is 3. The minimum absolute atomic E-state index is 0.0535. The first-order chi connectivity index (χ1) is 16.8. The van der Waals surface area contributed by atoms with Crippen LogP contribution in [0.1, 0.15) is 24.0 Å². The Morgan fingerprint density at radius 2 is 1.66 bits per heavy atom. The van der Waals surface area contributed by atoms with Gasteiger partial charge in [0.15, 0.2) is 11.5 Å². The quantitative estimate of drug-likeness (QED) is 0.605. The van der Waals surface area contributed by atoms with Gasteiger partial charge in [-0.05, 0) is 56.0 Å². The minimum atomic E-state index is -3.75. The first-order valence-corrected chi connectivity index (χ1v) is 13.5. The highest BCUT2D eigenvalue weighted by molar-refractivity contribution is 7.89. The maximum absolute atomic E-state index is 13.4. The third kappa shape index (κ3) is 5.11.